The van der Waals surface area contributed by atoms with Crippen molar-refractivity contribution in [2.75, 3.05) is 0 Å². The van der Waals surface area contributed by atoms with E-state index in [1.165, 1.54) is 5.41 Å². The minimum atomic E-state index is -1.09. The highest BCUT2D eigenvalue weighted by Crippen LogP contribution is 2.19. The van der Waals surface area contributed by atoms with Gasteiger partial charge in [-0.25, -0.2) is 4.21 Å². The molecule has 0 aromatic carbocycles. The van der Waals surface area contributed by atoms with Crippen LogP contribution in [0.15, 0.2) is 35.3 Å². The van der Waals surface area contributed by atoms with Crippen LogP contribution in [0.4, 0.5) is 0 Å². The zero-order valence-electron chi connectivity index (χ0n) is 5.03. The molecular weight excluding hydrogens is 150 g/mol. The van der Waals surface area contributed by atoms with E-state index in [0.717, 1.165) is 5.70 Å². The average Bonchev–Trinajstić information content (AvgIpc) is 2.27. The third-order valence-electron chi connectivity index (χ3n) is 1.23. The van der Waals surface area contributed by atoms with Crippen LogP contribution in [0.1, 0.15) is 0 Å². The van der Waals surface area contributed by atoms with Crippen molar-refractivity contribution >= 4 is 11.0 Å². The Kier molecular flexibility index (Phi) is 1.14. The van der Waals surface area contributed by atoms with Crippen molar-refractivity contribution in [3.8, 4) is 0 Å². The Bertz CT molecular complexity index is 277. The summed E-state index contributed by atoms with van der Waals surface area (Å²) < 4.78 is 18.5. The predicted molar refractivity (Wildman–Crippen MR) is 37.7 cm³/mol. The SMILES string of the molecule is O=S1C=C2OC=CC=C2N1. The molecule has 0 radical (unpaired) electrons. The summed E-state index contributed by atoms with van der Waals surface area (Å²) in [4.78, 5) is 0. The number of nitrogens with one attached hydrogen (secondary N) is 1. The van der Waals surface area contributed by atoms with Gasteiger partial charge in [-0.2, -0.15) is 0 Å². The third kappa shape index (κ3) is 0.769. The van der Waals surface area contributed by atoms with Gasteiger partial charge in [0.15, 0.2) is 5.76 Å². The Labute approximate surface area is 60.7 Å². The highest BCUT2D eigenvalue weighted by atomic mass is 32.2. The fourth-order valence-electron chi connectivity index (χ4n) is 0.804. The maximum absolute atomic E-state index is 10.8. The van der Waals surface area contributed by atoms with Gasteiger partial charge in [0.05, 0.1) is 17.4 Å². The smallest absolute Gasteiger partial charge is 0.161 e. The molecule has 0 fully saturated rings. The monoisotopic (exact) mass is 155 g/mol. The molecule has 1 N–H and O–H groups in total. The molecule has 2 rings (SSSR count). The lowest BCUT2D eigenvalue weighted by molar-refractivity contribution is 0.357. The van der Waals surface area contributed by atoms with E-state index >= 15 is 0 Å². The molecule has 1 unspecified atom stereocenters. The standard InChI is InChI=1S/C6H5NO2S/c8-10-4-6-5(7-10)2-1-3-9-6/h1-4,7H. The van der Waals surface area contributed by atoms with E-state index in [4.69, 9.17) is 4.74 Å². The lowest BCUT2D eigenvalue weighted by atomic mass is 10.3. The molecule has 52 valence electrons. The molecule has 1 atom stereocenters. The summed E-state index contributed by atoms with van der Waals surface area (Å²) in [6.45, 7) is 0. The molecule has 0 aliphatic carbocycles. The fraction of sp³-hybridized carbons (Fsp3) is 0. The Balaban J connectivity index is 2.41. The van der Waals surface area contributed by atoms with Crippen LogP contribution in [-0.4, -0.2) is 4.21 Å². The summed E-state index contributed by atoms with van der Waals surface area (Å²) in [5.74, 6) is 0.654. The predicted octanol–water partition coefficient (Wildman–Crippen LogP) is 0.522. The van der Waals surface area contributed by atoms with Gasteiger partial charge in [-0.1, -0.05) is 0 Å². The molecule has 0 spiro atoms. The molecule has 3 nitrogen and oxygen atoms in total. The molecule has 4 heteroatoms. The number of fused-ring (bicyclic) bond motifs is 1. The van der Waals surface area contributed by atoms with E-state index in [1.807, 2.05) is 6.08 Å². The first-order valence-electron chi connectivity index (χ1n) is 2.79. The molecule has 2 aliphatic heterocycles. The van der Waals surface area contributed by atoms with Crippen LogP contribution in [0.25, 0.3) is 0 Å². The first-order chi connectivity index (χ1) is 4.86. The molecule has 0 aromatic heterocycles. The van der Waals surface area contributed by atoms with E-state index < -0.39 is 11.0 Å². The second kappa shape index (κ2) is 1.98. The second-order valence-corrected chi connectivity index (χ2v) is 2.94. The van der Waals surface area contributed by atoms with Gasteiger partial charge in [0.25, 0.3) is 0 Å². The van der Waals surface area contributed by atoms with Crippen LogP contribution in [0.2, 0.25) is 0 Å². The largest absolute Gasteiger partial charge is 0.462 e. The van der Waals surface area contributed by atoms with Crippen LogP contribution in [-0.2, 0) is 15.7 Å². The van der Waals surface area contributed by atoms with Crippen molar-refractivity contribution < 1.29 is 8.95 Å². The number of ether oxygens (including phenoxy) is 1. The lowest BCUT2D eigenvalue weighted by Gasteiger charge is -2.05. The lowest BCUT2D eigenvalue weighted by Crippen LogP contribution is -2.08. The zero-order valence-corrected chi connectivity index (χ0v) is 5.85. The maximum Gasteiger partial charge on any atom is 0.161 e. The molecule has 0 bridgehead atoms. The van der Waals surface area contributed by atoms with Crippen molar-refractivity contribution in [2.45, 2.75) is 0 Å². The molecule has 0 saturated heterocycles. The van der Waals surface area contributed by atoms with Gasteiger partial charge in [0.1, 0.15) is 11.0 Å². The van der Waals surface area contributed by atoms with Crippen molar-refractivity contribution in [3.63, 3.8) is 0 Å². The molecule has 2 aliphatic rings. The van der Waals surface area contributed by atoms with Gasteiger partial charge in [0, 0.05) is 0 Å². The topological polar surface area (TPSA) is 38.3 Å². The Morgan fingerprint density at radius 3 is 3.30 bits per heavy atom. The van der Waals surface area contributed by atoms with Crippen LogP contribution < -0.4 is 4.72 Å². The molecular formula is C6H5NO2S. The summed E-state index contributed by atoms with van der Waals surface area (Å²) in [6, 6.07) is 0. The molecule has 0 aromatic rings. The minimum absolute atomic E-state index is 0.654. The number of hydrogen-bond donors (Lipinski definition) is 1. The molecule has 0 amide bonds. The fourth-order valence-corrected chi connectivity index (χ4v) is 1.63. The maximum atomic E-state index is 10.8. The Hall–Kier alpha value is -1.03. The summed E-state index contributed by atoms with van der Waals surface area (Å²) in [5.41, 5.74) is 0.792. The minimum Gasteiger partial charge on any atom is -0.462 e. The van der Waals surface area contributed by atoms with Crippen LogP contribution in [0.5, 0.6) is 0 Å². The summed E-state index contributed by atoms with van der Waals surface area (Å²) in [5, 5.41) is 1.54. The Morgan fingerprint density at radius 2 is 2.50 bits per heavy atom. The third-order valence-corrected chi connectivity index (χ3v) is 2.08. The average molecular weight is 155 g/mol. The van der Waals surface area contributed by atoms with E-state index in [0.29, 0.717) is 5.76 Å². The van der Waals surface area contributed by atoms with Gasteiger partial charge in [-0.15, -0.1) is 0 Å². The highest BCUT2D eigenvalue weighted by Gasteiger charge is 2.17. The Morgan fingerprint density at radius 1 is 1.60 bits per heavy atom. The number of rotatable bonds is 0. The van der Waals surface area contributed by atoms with E-state index in [2.05, 4.69) is 4.72 Å². The van der Waals surface area contributed by atoms with E-state index in [9.17, 15) is 4.21 Å². The molecule has 0 saturated carbocycles. The molecule has 10 heavy (non-hydrogen) atoms. The van der Waals surface area contributed by atoms with Gasteiger partial charge < -0.3 is 4.74 Å². The summed E-state index contributed by atoms with van der Waals surface area (Å²) >= 11 is 0. The normalized spacial score (nSPS) is 27.8. The summed E-state index contributed by atoms with van der Waals surface area (Å²) in [7, 11) is -1.09. The first kappa shape index (κ1) is 5.73. The zero-order chi connectivity index (χ0) is 6.97. The van der Waals surface area contributed by atoms with Gasteiger partial charge >= 0.3 is 0 Å². The van der Waals surface area contributed by atoms with Gasteiger partial charge in [-0.05, 0) is 12.2 Å². The summed E-state index contributed by atoms with van der Waals surface area (Å²) in [6.07, 6.45) is 5.13. The van der Waals surface area contributed by atoms with E-state index in [1.54, 1.807) is 12.3 Å². The van der Waals surface area contributed by atoms with Gasteiger partial charge in [-0.3, -0.25) is 4.72 Å². The molecule has 2 heterocycles. The van der Waals surface area contributed by atoms with Crippen LogP contribution in [0.3, 0.4) is 0 Å². The van der Waals surface area contributed by atoms with Gasteiger partial charge in [0.2, 0.25) is 0 Å². The van der Waals surface area contributed by atoms with Crippen molar-refractivity contribution in [3.05, 3.63) is 35.3 Å². The van der Waals surface area contributed by atoms with Crippen LogP contribution >= 0.6 is 0 Å². The van der Waals surface area contributed by atoms with Crippen molar-refractivity contribution in [2.24, 2.45) is 0 Å². The van der Waals surface area contributed by atoms with Crippen molar-refractivity contribution in [1.82, 2.24) is 4.72 Å². The second-order valence-electron chi connectivity index (χ2n) is 1.91. The number of allylic oxidation sites excluding steroid dienone is 2. The number of hydrogen-bond acceptors (Lipinski definition) is 2. The first-order valence-corrected chi connectivity index (χ1v) is 4.00. The van der Waals surface area contributed by atoms with Crippen molar-refractivity contribution in [1.29, 1.82) is 0 Å². The van der Waals surface area contributed by atoms with E-state index in [-0.39, 0.29) is 0 Å². The van der Waals surface area contributed by atoms with Crippen LogP contribution in [0, 0.1) is 0 Å². The highest BCUT2D eigenvalue weighted by molar-refractivity contribution is 7.86. The quantitative estimate of drug-likeness (QED) is 0.554.